The van der Waals surface area contributed by atoms with E-state index >= 15 is 0 Å². The summed E-state index contributed by atoms with van der Waals surface area (Å²) in [5, 5.41) is 10.6. The Kier molecular flexibility index (Phi) is 67.4. The van der Waals surface area contributed by atoms with Crippen LogP contribution in [0.2, 0.25) is 0 Å². The number of aliphatic hydroxyl groups excluding tert-OH is 1. The highest BCUT2D eigenvalue weighted by Gasteiger charge is 2.30. The molecule has 0 aromatic carbocycles. The van der Waals surface area contributed by atoms with Crippen molar-refractivity contribution >= 4 is 39.5 Å². The molecule has 0 rings (SSSR count). The topological polar surface area (TPSA) is 237 Å². The zero-order valence-corrected chi connectivity index (χ0v) is 64.5. The molecule has 17 nitrogen and oxygen atoms in total. The minimum Gasteiger partial charge on any atom is -0.462 e. The van der Waals surface area contributed by atoms with E-state index in [1.807, 2.05) is 0 Å². The fraction of sp³-hybridized carbons (Fsp3) is 0.948. The summed E-state index contributed by atoms with van der Waals surface area (Å²) in [6, 6.07) is 0. The minimum absolute atomic E-state index is 0.108. The Morgan fingerprint density at radius 2 is 0.479 bits per heavy atom. The van der Waals surface area contributed by atoms with Gasteiger partial charge in [0, 0.05) is 25.7 Å². The zero-order valence-electron chi connectivity index (χ0n) is 62.7. The molecule has 5 atom stereocenters. The lowest BCUT2D eigenvalue weighted by atomic mass is 10.0. The van der Waals surface area contributed by atoms with Crippen molar-refractivity contribution in [2.75, 3.05) is 39.6 Å². The number of hydrogen-bond donors (Lipinski definition) is 3. The third kappa shape index (κ3) is 70.5. The van der Waals surface area contributed by atoms with E-state index in [0.717, 1.165) is 102 Å². The summed E-state index contributed by atoms with van der Waals surface area (Å²) >= 11 is 0. The lowest BCUT2D eigenvalue weighted by Gasteiger charge is -2.21. The number of phosphoric acid groups is 2. The predicted molar refractivity (Wildman–Crippen MR) is 391 cm³/mol. The van der Waals surface area contributed by atoms with E-state index in [9.17, 15) is 43.2 Å². The van der Waals surface area contributed by atoms with Gasteiger partial charge in [0.1, 0.15) is 19.3 Å². The summed E-state index contributed by atoms with van der Waals surface area (Å²) in [5.74, 6) is -0.581. The fourth-order valence-electron chi connectivity index (χ4n) is 11.8. The molecular formula is C77H150O17P2. The summed E-state index contributed by atoms with van der Waals surface area (Å²) in [4.78, 5) is 72.9. The van der Waals surface area contributed by atoms with E-state index in [0.29, 0.717) is 25.7 Å². The van der Waals surface area contributed by atoms with Crippen LogP contribution in [0.15, 0.2) is 0 Å². The first-order chi connectivity index (χ1) is 46.4. The van der Waals surface area contributed by atoms with Crippen LogP contribution in [-0.4, -0.2) is 96.7 Å². The predicted octanol–water partition coefficient (Wildman–Crippen LogP) is 22.7. The fourth-order valence-corrected chi connectivity index (χ4v) is 13.4. The van der Waals surface area contributed by atoms with Gasteiger partial charge in [-0.3, -0.25) is 37.3 Å². The first kappa shape index (κ1) is 94.1. The minimum atomic E-state index is -4.96. The number of carbonyl (C=O) groups excluding carboxylic acids is 4. The van der Waals surface area contributed by atoms with Gasteiger partial charge in [-0.25, -0.2) is 9.13 Å². The average Bonchev–Trinajstić information content (AvgIpc) is 2.38. The van der Waals surface area contributed by atoms with Crippen molar-refractivity contribution in [3.8, 4) is 0 Å². The highest BCUT2D eigenvalue weighted by atomic mass is 31.2. The van der Waals surface area contributed by atoms with Crippen molar-refractivity contribution in [1.29, 1.82) is 0 Å². The first-order valence-electron chi connectivity index (χ1n) is 40.0. The SMILES string of the molecule is CCCCCCCCCCCCCCCCCC(=O)O[C@H](COC(=O)CCCCCCCCCCCCCC(C)C)COP(=O)(O)OC[C@@H](O)COP(=O)(O)OC[C@@H](COC(=O)CCCCCCCCCCCCC(C)C)OC(=O)CCCCCCCCCCCCCCCC. The Hall–Kier alpha value is -1.94. The number of unbranched alkanes of at least 4 members (excludes halogenated alkanes) is 46. The maximum Gasteiger partial charge on any atom is 0.472 e. The zero-order chi connectivity index (χ0) is 70.7. The second-order valence-electron chi connectivity index (χ2n) is 28.7. The standard InChI is InChI=1S/C77H150O17P2/c1-7-9-11-13-15-17-19-21-23-25-29-38-44-50-56-62-77(82)93-72(65-87-74(79)59-53-47-41-35-30-26-27-33-39-45-51-57-69(3)4)67-91-95(83,84)89-63-71(78)64-90-96(85,86)92-68-73(66-88-75(80)60-54-48-42-36-32-31-34-40-46-52-58-70(5)6)94-76(81)61-55-49-43-37-28-24-22-20-18-16-14-12-10-8-2/h69-73,78H,7-68H2,1-6H3,(H,83,84)(H,85,86)/t71-,72-,73-/m1/s1. The van der Waals surface area contributed by atoms with E-state index in [2.05, 4.69) is 41.5 Å². The molecule has 0 aliphatic rings. The molecular weight excluding hydrogens is 1260 g/mol. The molecule has 0 aromatic rings. The molecule has 0 saturated heterocycles. The van der Waals surface area contributed by atoms with Crippen LogP contribution in [0, 0.1) is 11.8 Å². The number of carbonyl (C=O) groups is 4. The molecule has 0 saturated carbocycles. The first-order valence-corrected chi connectivity index (χ1v) is 43.0. The Morgan fingerprint density at radius 3 is 0.708 bits per heavy atom. The van der Waals surface area contributed by atoms with Crippen LogP contribution in [0.5, 0.6) is 0 Å². The molecule has 0 aromatic heterocycles. The second-order valence-corrected chi connectivity index (χ2v) is 31.6. The summed E-state index contributed by atoms with van der Waals surface area (Å²) in [6.07, 6.45) is 56.7. The van der Waals surface area contributed by atoms with Crippen molar-refractivity contribution in [2.45, 2.75) is 419 Å². The molecule has 96 heavy (non-hydrogen) atoms. The smallest absolute Gasteiger partial charge is 0.462 e. The van der Waals surface area contributed by atoms with Crippen LogP contribution in [0.25, 0.3) is 0 Å². The molecule has 0 radical (unpaired) electrons. The maximum atomic E-state index is 13.1. The molecule has 3 N–H and O–H groups in total. The van der Waals surface area contributed by atoms with Gasteiger partial charge in [0.2, 0.25) is 0 Å². The molecule has 0 bridgehead atoms. The van der Waals surface area contributed by atoms with Crippen molar-refractivity contribution in [3.63, 3.8) is 0 Å². The van der Waals surface area contributed by atoms with Gasteiger partial charge in [-0.15, -0.1) is 0 Å². The molecule has 19 heteroatoms. The van der Waals surface area contributed by atoms with E-state index in [1.54, 1.807) is 0 Å². The van der Waals surface area contributed by atoms with E-state index < -0.39 is 97.5 Å². The van der Waals surface area contributed by atoms with Gasteiger partial charge < -0.3 is 33.8 Å². The van der Waals surface area contributed by atoms with Crippen molar-refractivity contribution in [1.82, 2.24) is 0 Å². The Bertz CT molecular complexity index is 1860. The van der Waals surface area contributed by atoms with Gasteiger partial charge in [0.05, 0.1) is 26.4 Å². The van der Waals surface area contributed by atoms with E-state index in [-0.39, 0.29) is 25.7 Å². The number of phosphoric ester groups is 2. The van der Waals surface area contributed by atoms with Crippen molar-refractivity contribution in [2.24, 2.45) is 11.8 Å². The second kappa shape index (κ2) is 68.8. The van der Waals surface area contributed by atoms with E-state index in [4.69, 9.17) is 37.0 Å². The number of hydrogen-bond acceptors (Lipinski definition) is 15. The third-order valence-electron chi connectivity index (χ3n) is 18.0. The summed E-state index contributed by atoms with van der Waals surface area (Å²) < 4.78 is 68.6. The van der Waals surface area contributed by atoms with Gasteiger partial charge in [-0.2, -0.15) is 0 Å². The average molecular weight is 1410 g/mol. The molecule has 2 unspecified atom stereocenters. The Labute approximate surface area is 588 Å². The monoisotopic (exact) mass is 1410 g/mol. The van der Waals surface area contributed by atoms with Gasteiger partial charge in [-0.1, -0.05) is 350 Å². The molecule has 0 spiro atoms. The van der Waals surface area contributed by atoms with Crippen LogP contribution in [0.4, 0.5) is 0 Å². The van der Waals surface area contributed by atoms with Gasteiger partial charge in [-0.05, 0) is 37.5 Å². The Morgan fingerprint density at radius 1 is 0.281 bits per heavy atom. The molecule has 0 fully saturated rings. The van der Waals surface area contributed by atoms with Crippen LogP contribution < -0.4 is 0 Å². The highest BCUT2D eigenvalue weighted by Crippen LogP contribution is 2.45. The summed E-state index contributed by atoms with van der Waals surface area (Å²) in [6.45, 7) is 9.61. The third-order valence-corrected chi connectivity index (χ3v) is 19.9. The van der Waals surface area contributed by atoms with Crippen LogP contribution >= 0.6 is 15.6 Å². The van der Waals surface area contributed by atoms with Crippen LogP contribution in [-0.2, 0) is 65.4 Å². The molecule has 570 valence electrons. The largest absolute Gasteiger partial charge is 0.472 e. The quantitative estimate of drug-likeness (QED) is 0.0222. The lowest BCUT2D eigenvalue weighted by Crippen LogP contribution is -2.30. The molecule has 0 amide bonds. The van der Waals surface area contributed by atoms with Crippen molar-refractivity contribution < 1.29 is 80.2 Å². The highest BCUT2D eigenvalue weighted by molar-refractivity contribution is 7.47. The summed E-state index contributed by atoms with van der Waals surface area (Å²) in [7, 11) is -9.91. The number of ether oxygens (including phenoxy) is 4. The number of aliphatic hydroxyl groups is 1. The van der Waals surface area contributed by atoms with E-state index in [1.165, 1.54) is 218 Å². The van der Waals surface area contributed by atoms with Crippen LogP contribution in [0.1, 0.15) is 401 Å². The molecule has 0 aliphatic heterocycles. The van der Waals surface area contributed by atoms with Crippen LogP contribution in [0.3, 0.4) is 0 Å². The lowest BCUT2D eigenvalue weighted by molar-refractivity contribution is -0.161. The molecule has 0 aliphatic carbocycles. The normalized spacial score (nSPS) is 14.0. The number of esters is 4. The maximum absolute atomic E-state index is 13.1. The van der Waals surface area contributed by atoms with Gasteiger partial charge in [0.15, 0.2) is 12.2 Å². The molecule has 0 heterocycles. The van der Waals surface area contributed by atoms with Crippen molar-refractivity contribution in [3.05, 3.63) is 0 Å². The summed E-state index contributed by atoms with van der Waals surface area (Å²) in [5.41, 5.74) is 0. The Balaban J connectivity index is 5.27. The number of rotatable bonds is 76. The van der Waals surface area contributed by atoms with Gasteiger partial charge in [0.25, 0.3) is 0 Å². The van der Waals surface area contributed by atoms with Gasteiger partial charge >= 0.3 is 39.5 Å².